The predicted molar refractivity (Wildman–Crippen MR) is 77.3 cm³/mol. The van der Waals surface area contributed by atoms with Crippen LogP contribution in [0.15, 0.2) is 11.1 Å². The molecule has 0 spiro atoms. The quantitative estimate of drug-likeness (QED) is 0.730. The maximum Gasteiger partial charge on any atom is 0.245 e. The van der Waals surface area contributed by atoms with Gasteiger partial charge in [-0.05, 0) is 6.42 Å². The van der Waals surface area contributed by atoms with E-state index in [4.69, 9.17) is 15.2 Å². The molecule has 3 N–H and O–H groups in total. The molecule has 2 heterocycles. The van der Waals surface area contributed by atoms with Gasteiger partial charge in [-0.2, -0.15) is 5.10 Å². The molecule has 8 nitrogen and oxygen atoms in total. The van der Waals surface area contributed by atoms with Gasteiger partial charge in [-0.15, -0.1) is 0 Å². The highest BCUT2D eigenvalue weighted by Crippen LogP contribution is 2.23. The molecule has 0 saturated carbocycles. The highest BCUT2D eigenvalue weighted by atomic mass is 32.2. The first-order valence-electron chi connectivity index (χ1n) is 6.88. The lowest BCUT2D eigenvalue weighted by Gasteiger charge is -2.25. The monoisotopic (exact) mass is 318 g/mol. The number of hydrogen-bond acceptors (Lipinski definition) is 6. The fourth-order valence-corrected chi connectivity index (χ4v) is 3.42. The summed E-state index contributed by atoms with van der Waals surface area (Å²) < 4.78 is 39.4. The Hall–Kier alpha value is -1.16. The Bertz CT molecular complexity index is 578. The lowest BCUT2D eigenvalue weighted by atomic mass is 10.0. The largest absolute Gasteiger partial charge is 0.381 e. The lowest BCUT2D eigenvalue weighted by molar-refractivity contribution is -0.0120. The van der Waals surface area contributed by atoms with Gasteiger partial charge in [-0.25, -0.2) is 13.1 Å². The minimum absolute atomic E-state index is 0.00104. The molecule has 0 bridgehead atoms. The summed E-state index contributed by atoms with van der Waals surface area (Å²) in [4.78, 5) is 0.00104. The van der Waals surface area contributed by atoms with Crippen molar-refractivity contribution in [1.29, 1.82) is 0 Å². The molecule has 1 fully saturated rings. The Labute approximate surface area is 124 Å². The summed E-state index contributed by atoms with van der Waals surface area (Å²) >= 11 is 0. The zero-order valence-corrected chi connectivity index (χ0v) is 13.1. The van der Waals surface area contributed by atoms with E-state index >= 15 is 0 Å². The van der Waals surface area contributed by atoms with Crippen LogP contribution in [0.5, 0.6) is 0 Å². The van der Waals surface area contributed by atoms with E-state index in [1.807, 2.05) is 6.92 Å². The molecule has 120 valence electrons. The van der Waals surface area contributed by atoms with Crippen LogP contribution in [-0.4, -0.2) is 50.7 Å². The van der Waals surface area contributed by atoms with Crippen molar-refractivity contribution in [2.24, 2.45) is 0 Å². The number of anilines is 1. The van der Waals surface area contributed by atoms with Crippen LogP contribution in [0, 0.1) is 0 Å². The van der Waals surface area contributed by atoms with E-state index in [0.29, 0.717) is 26.2 Å². The first kappa shape index (κ1) is 16.2. The number of nitrogen functional groups attached to an aromatic ring is 1. The van der Waals surface area contributed by atoms with Crippen LogP contribution < -0.4 is 10.5 Å². The van der Waals surface area contributed by atoms with Gasteiger partial charge in [0.2, 0.25) is 10.0 Å². The van der Waals surface area contributed by atoms with Crippen molar-refractivity contribution in [2.45, 2.75) is 36.8 Å². The van der Waals surface area contributed by atoms with Crippen LogP contribution in [0.2, 0.25) is 0 Å². The molecule has 1 aromatic rings. The summed E-state index contributed by atoms with van der Waals surface area (Å²) in [7, 11) is -2.17. The van der Waals surface area contributed by atoms with E-state index in [1.165, 1.54) is 10.9 Å². The molecule has 0 aromatic carbocycles. The fourth-order valence-electron chi connectivity index (χ4n) is 2.23. The van der Waals surface area contributed by atoms with Gasteiger partial charge >= 0.3 is 0 Å². The van der Waals surface area contributed by atoms with Crippen LogP contribution in [0.3, 0.4) is 0 Å². The first-order chi connectivity index (χ1) is 9.92. The molecular formula is C12H22N4O4S. The van der Waals surface area contributed by atoms with E-state index in [-0.39, 0.29) is 17.3 Å². The van der Waals surface area contributed by atoms with Crippen molar-refractivity contribution in [3.05, 3.63) is 6.20 Å². The molecular weight excluding hydrogens is 296 g/mol. The van der Waals surface area contributed by atoms with Gasteiger partial charge in [0.25, 0.3) is 0 Å². The van der Waals surface area contributed by atoms with E-state index in [0.717, 1.165) is 6.42 Å². The summed E-state index contributed by atoms with van der Waals surface area (Å²) in [6.45, 7) is 3.68. The van der Waals surface area contributed by atoms with Crippen molar-refractivity contribution < 1.29 is 17.9 Å². The highest BCUT2D eigenvalue weighted by molar-refractivity contribution is 7.89. The number of nitrogens with two attached hydrogens (primary N) is 1. The SMILES string of the molecule is CCCn1cc(S(=O)(=O)NCC2(OC)CCOC2)c(N)n1. The number of ether oxygens (including phenoxy) is 2. The van der Waals surface area contributed by atoms with Gasteiger partial charge in [-0.1, -0.05) is 6.92 Å². The molecule has 0 radical (unpaired) electrons. The minimum Gasteiger partial charge on any atom is -0.381 e. The van der Waals surface area contributed by atoms with Gasteiger partial charge in [-0.3, -0.25) is 4.68 Å². The fraction of sp³-hybridized carbons (Fsp3) is 0.750. The van der Waals surface area contributed by atoms with Crippen LogP contribution >= 0.6 is 0 Å². The van der Waals surface area contributed by atoms with Gasteiger partial charge in [0.15, 0.2) is 5.82 Å². The highest BCUT2D eigenvalue weighted by Gasteiger charge is 2.36. The van der Waals surface area contributed by atoms with Gasteiger partial charge < -0.3 is 15.2 Å². The number of hydrogen-bond donors (Lipinski definition) is 2. The second kappa shape index (κ2) is 6.30. The average Bonchev–Trinajstić information content (AvgIpc) is 3.05. The number of aromatic nitrogens is 2. The zero-order valence-electron chi connectivity index (χ0n) is 12.3. The van der Waals surface area contributed by atoms with Crippen molar-refractivity contribution in [2.75, 3.05) is 32.6 Å². The minimum atomic E-state index is -3.72. The normalized spacial score (nSPS) is 22.8. The third kappa shape index (κ3) is 3.54. The Morgan fingerprint density at radius 1 is 1.62 bits per heavy atom. The van der Waals surface area contributed by atoms with E-state index in [1.54, 1.807) is 7.11 Å². The third-order valence-electron chi connectivity index (χ3n) is 3.58. The molecule has 1 aromatic heterocycles. The van der Waals surface area contributed by atoms with E-state index < -0.39 is 15.6 Å². The third-order valence-corrected chi connectivity index (χ3v) is 5.00. The second-order valence-corrected chi connectivity index (χ2v) is 6.89. The summed E-state index contributed by atoms with van der Waals surface area (Å²) in [5, 5.41) is 4.00. The molecule has 1 saturated heterocycles. The Morgan fingerprint density at radius 2 is 2.38 bits per heavy atom. The van der Waals surface area contributed by atoms with Crippen LogP contribution in [0.1, 0.15) is 19.8 Å². The zero-order chi connectivity index (χ0) is 15.5. The second-order valence-electron chi connectivity index (χ2n) is 5.16. The first-order valence-corrected chi connectivity index (χ1v) is 8.36. The average molecular weight is 318 g/mol. The summed E-state index contributed by atoms with van der Waals surface area (Å²) in [6, 6.07) is 0. The summed E-state index contributed by atoms with van der Waals surface area (Å²) in [5.41, 5.74) is 5.09. The Kier molecular flexibility index (Phi) is 4.87. The van der Waals surface area contributed by atoms with Gasteiger partial charge in [0, 0.05) is 39.4 Å². The number of sulfonamides is 1. The van der Waals surface area contributed by atoms with Crippen LogP contribution in [0.25, 0.3) is 0 Å². The van der Waals surface area contributed by atoms with Crippen LogP contribution in [0.4, 0.5) is 5.82 Å². The molecule has 0 amide bonds. The number of aryl methyl sites for hydroxylation is 1. The Morgan fingerprint density at radius 3 is 2.95 bits per heavy atom. The summed E-state index contributed by atoms with van der Waals surface area (Å²) in [5.74, 6) is 0.00471. The van der Waals surface area contributed by atoms with Gasteiger partial charge in [0.05, 0.1) is 6.61 Å². The van der Waals surface area contributed by atoms with Crippen LogP contribution in [-0.2, 0) is 26.0 Å². The van der Waals surface area contributed by atoms with E-state index in [9.17, 15) is 8.42 Å². The number of nitrogens with zero attached hydrogens (tertiary/aromatic N) is 2. The molecule has 21 heavy (non-hydrogen) atoms. The van der Waals surface area contributed by atoms with Crippen molar-refractivity contribution >= 4 is 15.8 Å². The summed E-state index contributed by atoms with van der Waals surface area (Å²) in [6.07, 6.45) is 2.94. The number of rotatable bonds is 7. The molecule has 2 rings (SSSR count). The molecule has 1 atom stereocenters. The molecule has 1 unspecified atom stereocenters. The standard InChI is InChI=1S/C12H22N4O4S/c1-3-5-16-7-10(11(13)15-16)21(17,18)14-8-12(19-2)4-6-20-9-12/h7,14H,3-6,8-9H2,1-2H3,(H2,13,15). The molecule has 0 aliphatic carbocycles. The molecule has 9 heteroatoms. The molecule has 1 aliphatic rings. The maximum absolute atomic E-state index is 12.3. The maximum atomic E-state index is 12.3. The predicted octanol–water partition coefficient (Wildman–Crippen LogP) is -0.0409. The number of nitrogens with one attached hydrogen (secondary N) is 1. The van der Waals surface area contributed by atoms with Crippen molar-refractivity contribution in [1.82, 2.24) is 14.5 Å². The van der Waals surface area contributed by atoms with Crippen molar-refractivity contribution in [3.8, 4) is 0 Å². The Balaban J connectivity index is 2.11. The van der Waals surface area contributed by atoms with E-state index in [2.05, 4.69) is 9.82 Å². The van der Waals surface area contributed by atoms with Gasteiger partial charge in [0.1, 0.15) is 10.5 Å². The number of methoxy groups -OCH3 is 1. The molecule has 1 aliphatic heterocycles. The lowest BCUT2D eigenvalue weighted by Crippen LogP contribution is -2.44. The topological polar surface area (TPSA) is 108 Å². The van der Waals surface area contributed by atoms with Crippen molar-refractivity contribution in [3.63, 3.8) is 0 Å². The smallest absolute Gasteiger partial charge is 0.245 e.